The first kappa shape index (κ1) is 11.6. The average molecular weight is 242 g/mol. The molecule has 16 heavy (non-hydrogen) atoms. The van der Waals surface area contributed by atoms with Crippen LogP contribution >= 0.6 is 11.6 Å². The van der Waals surface area contributed by atoms with Crippen LogP contribution in [0.4, 0.5) is 0 Å². The first-order valence-electron chi connectivity index (χ1n) is 5.60. The van der Waals surface area contributed by atoms with Crippen LogP contribution in [0.5, 0.6) is 11.5 Å². The van der Waals surface area contributed by atoms with Crippen molar-refractivity contribution < 1.29 is 9.47 Å². The normalized spacial score (nSPS) is 13.9. The highest BCUT2D eigenvalue weighted by Gasteiger charge is 2.18. The fourth-order valence-electron chi connectivity index (χ4n) is 1.82. The molecule has 4 heteroatoms. The second-order valence-corrected chi connectivity index (χ2v) is 4.21. The van der Waals surface area contributed by atoms with E-state index in [1.165, 1.54) is 0 Å². The number of hydrogen-bond donors (Lipinski definition) is 1. The second-order valence-electron chi connectivity index (χ2n) is 3.81. The minimum Gasteiger partial charge on any atom is -0.486 e. The summed E-state index contributed by atoms with van der Waals surface area (Å²) in [6, 6.07) is 3.87. The van der Waals surface area contributed by atoms with Crippen molar-refractivity contribution in [3.63, 3.8) is 0 Å². The summed E-state index contributed by atoms with van der Waals surface area (Å²) in [4.78, 5) is 0. The lowest BCUT2D eigenvalue weighted by Gasteiger charge is -2.22. The third-order valence-electron chi connectivity index (χ3n) is 2.62. The quantitative estimate of drug-likeness (QED) is 0.824. The van der Waals surface area contributed by atoms with E-state index in [0.717, 1.165) is 37.1 Å². The number of rotatable bonds is 4. The molecule has 1 aliphatic rings. The van der Waals surface area contributed by atoms with E-state index >= 15 is 0 Å². The number of aryl methyl sites for hydroxylation is 1. The minimum absolute atomic E-state index is 0.568. The third kappa shape index (κ3) is 2.42. The van der Waals surface area contributed by atoms with Crippen molar-refractivity contribution >= 4 is 11.6 Å². The van der Waals surface area contributed by atoms with E-state index in [2.05, 4.69) is 0 Å². The van der Waals surface area contributed by atoms with Crippen molar-refractivity contribution in [3.8, 4) is 11.5 Å². The van der Waals surface area contributed by atoms with Gasteiger partial charge in [0.05, 0.1) is 5.02 Å². The van der Waals surface area contributed by atoms with Gasteiger partial charge in [-0.15, -0.1) is 0 Å². The van der Waals surface area contributed by atoms with Gasteiger partial charge < -0.3 is 15.2 Å². The van der Waals surface area contributed by atoms with E-state index < -0.39 is 0 Å². The number of fused-ring (bicyclic) bond motifs is 1. The molecule has 0 spiro atoms. The Morgan fingerprint density at radius 3 is 2.62 bits per heavy atom. The molecule has 0 fully saturated rings. The molecule has 2 rings (SSSR count). The van der Waals surface area contributed by atoms with Gasteiger partial charge in [0.15, 0.2) is 11.5 Å². The summed E-state index contributed by atoms with van der Waals surface area (Å²) in [7, 11) is 0. The maximum atomic E-state index is 6.05. The SMILES string of the molecule is NCCCCc1ccc(Cl)c2c1OCCO2. The summed E-state index contributed by atoms with van der Waals surface area (Å²) in [5.41, 5.74) is 6.64. The molecule has 3 nitrogen and oxygen atoms in total. The molecular formula is C12H16ClNO2. The van der Waals surface area contributed by atoms with Crippen molar-refractivity contribution in [3.05, 3.63) is 22.7 Å². The van der Waals surface area contributed by atoms with Crippen LogP contribution in [0.2, 0.25) is 5.02 Å². The van der Waals surface area contributed by atoms with E-state index in [1.807, 2.05) is 12.1 Å². The minimum atomic E-state index is 0.568. The van der Waals surface area contributed by atoms with Gasteiger partial charge >= 0.3 is 0 Å². The van der Waals surface area contributed by atoms with Gasteiger partial charge in [-0.2, -0.15) is 0 Å². The van der Waals surface area contributed by atoms with Crippen molar-refractivity contribution in [1.82, 2.24) is 0 Å². The lowest BCUT2D eigenvalue weighted by molar-refractivity contribution is 0.170. The van der Waals surface area contributed by atoms with Gasteiger partial charge in [0.2, 0.25) is 0 Å². The summed E-state index contributed by atoms with van der Waals surface area (Å²) < 4.78 is 11.1. The molecule has 0 aliphatic carbocycles. The molecule has 0 bridgehead atoms. The summed E-state index contributed by atoms with van der Waals surface area (Å²) in [5.74, 6) is 1.51. The van der Waals surface area contributed by atoms with Crippen LogP contribution in [0, 0.1) is 0 Å². The highest BCUT2D eigenvalue weighted by molar-refractivity contribution is 6.32. The van der Waals surface area contributed by atoms with Gasteiger partial charge in [0.1, 0.15) is 13.2 Å². The van der Waals surface area contributed by atoms with Crippen molar-refractivity contribution in [2.24, 2.45) is 5.73 Å². The molecular weight excluding hydrogens is 226 g/mol. The van der Waals surface area contributed by atoms with Crippen LogP contribution < -0.4 is 15.2 Å². The van der Waals surface area contributed by atoms with Crippen molar-refractivity contribution in [1.29, 1.82) is 0 Å². The Hall–Kier alpha value is -0.930. The Balaban J connectivity index is 2.18. The molecule has 1 aliphatic heterocycles. The highest BCUT2D eigenvalue weighted by Crippen LogP contribution is 2.40. The van der Waals surface area contributed by atoms with Crippen LogP contribution in [0.3, 0.4) is 0 Å². The van der Waals surface area contributed by atoms with Crippen LogP contribution in [0.25, 0.3) is 0 Å². The number of hydrogen-bond acceptors (Lipinski definition) is 3. The molecule has 0 saturated carbocycles. The predicted octanol–water partition coefficient (Wildman–Crippen LogP) is 2.39. The zero-order valence-electron chi connectivity index (χ0n) is 9.17. The fraction of sp³-hybridized carbons (Fsp3) is 0.500. The number of unbranched alkanes of at least 4 members (excludes halogenated alkanes) is 1. The van der Waals surface area contributed by atoms with Gasteiger partial charge in [-0.3, -0.25) is 0 Å². The summed E-state index contributed by atoms with van der Waals surface area (Å²) in [6.45, 7) is 1.89. The lowest BCUT2D eigenvalue weighted by Crippen LogP contribution is -2.17. The lowest BCUT2D eigenvalue weighted by atomic mass is 10.1. The maximum Gasteiger partial charge on any atom is 0.180 e. The Morgan fingerprint density at radius 2 is 1.88 bits per heavy atom. The first-order chi connectivity index (χ1) is 7.83. The molecule has 0 radical (unpaired) electrons. The Labute approximate surface area is 100 Å². The van der Waals surface area contributed by atoms with Crippen LogP contribution in [-0.2, 0) is 6.42 Å². The number of nitrogens with two attached hydrogens (primary N) is 1. The molecule has 0 amide bonds. The van der Waals surface area contributed by atoms with Gasteiger partial charge in [0, 0.05) is 0 Å². The van der Waals surface area contributed by atoms with Crippen LogP contribution in [0.1, 0.15) is 18.4 Å². The predicted molar refractivity (Wildman–Crippen MR) is 64.4 cm³/mol. The first-order valence-corrected chi connectivity index (χ1v) is 5.98. The van der Waals surface area contributed by atoms with E-state index in [-0.39, 0.29) is 0 Å². The van der Waals surface area contributed by atoms with E-state index in [1.54, 1.807) is 0 Å². The summed E-state index contributed by atoms with van der Waals surface area (Å²) in [6.07, 6.45) is 3.05. The number of benzene rings is 1. The maximum absolute atomic E-state index is 6.05. The molecule has 2 N–H and O–H groups in total. The molecule has 0 unspecified atom stereocenters. The highest BCUT2D eigenvalue weighted by atomic mass is 35.5. The Bertz CT molecular complexity index is 368. The number of halogens is 1. The Morgan fingerprint density at radius 1 is 1.12 bits per heavy atom. The van der Waals surface area contributed by atoms with Crippen LogP contribution in [0.15, 0.2) is 12.1 Å². The molecule has 1 heterocycles. The van der Waals surface area contributed by atoms with Gasteiger partial charge in [0.25, 0.3) is 0 Å². The molecule has 0 saturated heterocycles. The summed E-state index contributed by atoms with van der Waals surface area (Å²) >= 11 is 6.05. The van der Waals surface area contributed by atoms with Crippen LogP contribution in [-0.4, -0.2) is 19.8 Å². The monoisotopic (exact) mass is 241 g/mol. The van der Waals surface area contributed by atoms with E-state index in [9.17, 15) is 0 Å². The van der Waals surface area contributed by atoms with Gasteiger partial charge in [-0.05, 0) is 37.4 Å². The van der Waals surface area contributed by atoms with E-state index in [4.69, 9.17) is 26.8 Å². The van der Waals surface area contributed by atoms with Gasteiger partial charge in [-0.1, -0.05) is 17.7 Å². The van der Waals surface area contributed by atoms with E-state index in [0.29, 0.717) is 24.0 Å². The largest absolute Gasteiger partial charge is 0.486 e. The standard InChI is InChI=1S/C12H16ClNO2/c13-10-5-4-9(3-1-2-6-14)11-12(10)16-8-7-15-11/h4-5H,1-3,6-8,14H2. The molecule has 0 atom stereocenters. The third-order valence-corrected chi connectivity index (χ3v) is 2.92. The molecule has 1 aromatic rings. The zero-order chi connectivity index (χ0) is 11.4. The molecule has 1 aromatic carbocycles. The fourth-order valence-corrected chi connectivity index (χ4v) is 2.02. The zero-order valence-corrected chi connectivity index (χ0v) is 9.93. The second kappa shape index (κ2) is 5.41. The van der Waals surface area contributed by atoms with Crippen molar-refractivity contribution in [2.75, 3.05) is 19.8 Å². The smallest absolute Gasteiger partial charge is 0.180 e. The van der Waals surface area contributed by atoms with Gasteiger partial charge in [-0.25, -0.2) is 0 Å². The molecule has 88 valence electrons. The topological polar surface area (TPSA) is 44.5 Å². The average Bonchev–Trinajstić information content (AvgIpc) is 2.33. The molecule has 0 aromatic heterocycles. The van der Waals surface area contributed by atoms with Crippen molar-refractivity contribution in [2.45, 2.75) is 19.3 Å². The summed E-state index contributed by atoms with van der Waals surface area (Å²) in [5, 5.41) is 0.622. The Kier molecular flexibility index (Phi) is 3.91. The number of ether oxygens (including phenoxy) is 2.